The van der Waals surface area contributed by atoms with Gasteiger partial charge in [-0.05, 0) is 37.1 Å². The van der Waals surface area contributed by atoms with Gasteiger partial charge in [-0.3, -0.25) is 9.59 Å². The Labute approximate surface area is 143 Å². The summed E-state index contributed by atoms with van der Waals surface area (Å²) in [7, 11) is 1.48. The van der Waals surface area contributed by atoms with Crippen LogP contribution in [0.1, 0.15) is 12.8 Å². The van der Waals surface area contributed by atoms with E-state index in [4.69, 9.17) is 14.6 Å². The van der Waals surface area contributed by atoms with Gasteiger partial charge in [-0.15, -0.1) is 0 Å². The summed E-state index contributed by atoms with van der Waals surface area (Å²) in [5.41, 5.74) is -1.22. The van der Waals surface area contributed by atoms with E-state index >= 15 is 0 Å². The van der Waals surface area contributed by atoms with Crippen LogP contribution in [-0.4, -0.2) is 24.1 Å². The van der Waals surface area contributed by atoms with Crippen molar-refractivity contribution in [1.82, 2.24) is 0 Å². The van der Waals surface area contributed by atoms with Gasteiger partial charge in [0.15, 0.2) is 23.1 Å². The maximum atomic E-state index is 14.3. The van der Waals surface area contributed by atoms with Crippen molar-refractivity contribution in [1.29, 1.82) is 0 Å². The standard InChI is InChI=1S/C18H16FNO5/c1-24-14-4-2-3-5-15(14)25-13-7-6-11(10-12(13)19)20-16(21)18(8-9-18)17(22)23/h2-7,10H,8-9H2,1H3,(H,20,21)(H,22,23). The van der Waals surface area contributed by atoms with Crippen LogP contribution in [0.3, 0.4) is 0 Å². The van der Waals surface area contributed by atoms with Gasteiger partial charge in [-0.1, -0.05) is 12.1 Å². The topological polar surface area (TPSA) is 84.9 Å². The zero-order valence-corrected chi connectivity index (χ0v) is 13.4. The average Bonchev–Trinajstić information content (AvgIpc) is 3.40. The summed E-state index contributed by atoms with van der Waals surface area (Å²) < 4.78 is 24.9. The second-order valence-corrected chi connectivity index (χ2v) is 5.74. The van der Waals surface area contributed by atoms with Crippen molar-refractivity contribution in [3.8, 4) is 17.2 Å². The van der Waals surface area contributed by atoms with E-state index in [1.54, 1.807) is 24.3 Å². The van der Waals surface area contributed by atoms with Gasteiger partial charge in [-0.25, -0.2) is 4.39 Å². The maximum Gasteiger partial charge on any atom is 0.319 e. The molecule has 0 radical (unpaired) electrons. The van der Waals surface area contributed by atoms with E-state index in [-0.39, 0.29) is 24.3 Å². The van der Waals surface area contributed by atoms with Gasteiger partial charge < -0.3 is 19.9 Å². The zero-order chi connectivity index (χ0) is 18.0. The molecule has 2 N–H and O–H groups in total. The molecule has 0 heterocycles. The molecular weight excluding hydrogens is 329 g/mol. The number of carboxylic acid groups (broad SMARTS) is 1. The molecule has 1 amide bonds. The second kappa shape index (κ2) is 6.43. The molecule has 1 saturated carbocycles. The predicted octanol–water partition coefficient (Wildman–Crippen LogP) is 3.43. The first-order valence-corrected chi connectivity index (χ1v) is 7.61. The van der Waals surface area contributed by atoms with Crippen LogP contribution in [0.15, 0.2) is 42.5 Å². The number of methoxy groups -OCH3 is 1. The highest BCUT2D eigenvalue weighted by Crippen LogP contribution is 2.46. The molecule has 25 heavy (non-hydrogen) atoms. The third-order valence-electron chi connectivity index (χ3n) is 4.07. The number of ether oxygens (including phenoxy) is 2. The van der Waals surface area contributed by atoms with Crippen LogP contribution in [0.4, 0.5) is 10.1 Å². The van der Waals surface area contributed by atoms with Crippen molar-refractivity contribution < 1.29 is 28.6 Å². The highest BCUT2D eigenvalue weighted by Gasteiger charge is 2.57. The maximum absolute atomic E-state index is 14.3. The minimum absolute atomic E-state index is 0.0399. The summed E-state index contributed by atoms with van der Waals surface area (Å²) in [5, 5.41) is 11.5. The lowest BCUT2D eigenvalue weighted by Gasteiger charge is -2.13. The van der Waals surface area contributed by atoms with Gasteiger partial charge in [-0.2, -0.15) is 0 Å². The fraction of sp³-hybridized carbons (Fsp3) is 0.222. The molecule has 7 heteroatoms. The number of benzene rings is 2. The van der Waals surface area contributed by atoms with Crippen molar-refractivity contribution in [2.45, 2.75) is 12.8 Å². The molecule has 1 fully saturated rings. The molecule has 0 aliphatic heterocycles. The number of amides is 1. The Balaban J connectivity index is 1.75. The van der Waals surface area contributed by atoms with Crippen LogP contribution < -0.4 is 14.8 Å². The highest BCUT2D eigenvalue weighted by atomic mass is 19.1. The summed E-state index contributed by atoms with van der Waals surface area (Å²) in [6.07, 6.45) is 0.567. The summed E-state index contributed by atoms with van der Waals surface area (Å²) in [6, 6.07) is 10.7. The first kappa shape index (κ1) is 16.8. The lowest BCUT2D eigenvalue weighted by molar-refractivity contribution is -0.147. The molecule has 0 bridgehead atoms. The summed E-state index contributed by atoms with van der Waals surface area (Å²) in [6.45, 7) is 0. The Bertz CT molecular complexity index is 832. The Morgan fingerprint density at radius 2 is 1.80 bits per heavy atom. The number of hydrogen-bond donors (Lipinski definition) is 2. The van der Waals surface area contributed by atoms with Crippen LogP contribution in [-0.2, 0) is 9.59 Å². The van der Waals surface area contributed by atoms with E-state index in [9.17, 15) is 14.0 Å². The van der Waals surface area contributed by atoms with Crippen molar-refractivity contribution in [3.63, 3.8) is 0 Å². The van der Waals surface area contributed by atoms with Gasteiger partial charge >= 0.3 is 5.97 Å². The summed E-state index contributed by atoms with van der Waals surface area (Å²) in [5.74, 6) is -1.73. The summed E-state index contributed by atoms with van der Waals surface area (Å²) in [4.78, 5) is 23.2. The first-order chi connectivity index (χ1) is 12.0. The van der Waals surface area contributed by atoms with Gasteiger partial charge in [0.2, 0.25) is 5.91 Å². The molecule has 0 unspecified atom stereocenters. The molecule has 3 rings (SSSR count). The molecule has 1 aliphatic rings. The number of aliphatic carboxylic acids is 1. The number of rotatable bonds is 6. The van der Waals surface area contributed by atoms with E-state index < -0.39 is 23.1 Å². The zero-order valence-electron chi connectivity index (χ0n) is 13.4. The van der Waals surface area contributed by atoms with Gasteiger partial charge in [0.05, 0.1) is 7.11 Å². The molecular formula is C18H16FNO5. The van der Waals surface area contributed by atoms with Crippen LogP contribution in [0.2, 0.25) is 0 Å². The lowest BCUT2D eigenvalue weighted by Crippen LogP contribution is -2.31. The molecule has 2 aromatic rings. The number of halogens is 1. The van der Waals surface area contributed by atoms with Crippen molar-refractivity contribution in [2.24, 2.45) is 5.41 Å². The number of nitrogens with one attached hydrogen (secondary N) is 1. The number of carbonyl (C=O) groups excluding carboxylic acids is 1. The molecule has 0 aromatic heterocycles. The molecule has 2 aromatic carbocycles. The fourth-order valence-electron chi connectivity index (χ4n) is 2.40. The minimum Gasteiger partial charge on any atom is -0.493 e. The third kappa shape index (κ3) is 3.26. The number of carboxylic acids is 1. The average molecular weight is 345 g/mol. The van der Waals surface area contributed by atoms with E-state index in [1.165, 1.54) is 19.2 Å². The third-order valence-corrected chi connectivity index (χ3v) is 4.07. The predicted molar refractivity (Wildman–Crippen MR) is 87.4 cm³/mol. The van der Waals surface area contributed by atoms with Crippen LogP contribution in [0.5, 0.6) is 17.2 Å². The van der Waals surface area contributed by atoms with Gasteiger partial charge in [0.25, 0.3) is 0 Å². The highest BCUT2D eigenvalue weighted by molar-refractivity contribution is 6.10. The van der Waals surface area contributed by atoms with Crippen LogP contribution in [0.25, 0.3) is 0 Å². The molecule has 130 valence electrons. The van der Waals surface area contributed by atoms with Crippen molar-refractivity contribution in [2.75, 3.05) is 12.4 Å². The number of carbonyl (C=O) groups is 2. The quantitative estimate of drug-likeness (QED) is 0.784. The molecule has 6 nitrogen and oxygen atoms in total. The fourth-order valence-corrected chi connectivity index (χ4v) is 2.40. The Morgan fingerprint density at radius 3 is 2.36 bits per heavy atom. The normalized spacial score (nSPS) is 14.5. The largest absolute Gasteiger partial charge is 0.493 e. The molecule has 0 atom stereocenters. The second-order valence-electron chi connectivity index (χ2n) is 5.74. The van der Waals surface area contributed by atoms with Crippen LogP contribution >= 0.6 is 0 Å². The smallest absolute Gasteiger partial charge is 0.319 e. The molecule has 0 spiro atoms. The number of para-hydroxylation sites is 2. The Hall–Kier alpha value is -3.09. The SMILES string of the molecule is COc1ccccc1Oc1ccc(NC(=O)C2(C(=O)O)CC2)cc1F. The summed E-state index contributed by atoms with van der Waals surface area (Å²) >= 11 is 0. The van der Waals surface area contributed by atoms with Gasteiger partial charge in [0.1, 0.15) is 5.41 Å². The number of hydrogen-bond acceptors (Lipinski definition) is 4. The Morgan fingerprint density at radius 1 is 1.12 bits per heavy atom. The van der Waals surface area contributed by atoms with Gasteiger partial charge in [0, 0.05) is 11.8 Å². The van der Waals surface area contributed by atoms with Crippen molar-refractivity contribution >= 4 is 17.6 Å². The van der Waals surface area contributed by atoms with E-state index in [0.29, 0.717) is 11.5 Å². The first-order valence-electron chi connectivity index (χ1n) is 7.61. The van der Waals surface area contributed by atoms with Crippen LogP contribution in [0, 0.1) is 11.2 Å². The molecule has 0 saturated heterocycles. The lowest BCUT2D eigenvalue weighted by atomic mass is 10.1. The van der Waals surface area contributed by atoms with Crippen molar-refractivity contribution in [3.05, 3.63) is 48.3 Å². The number of anilines is 1. The van der Waals surface area contributed by atoms with E-state index in [2.05, 4.69) is 5.32 Å². The van der Waals surface area contributed by atoms with E-state index in [0.717, 1.165) is 6.07 Å². The minimum atomic E-state index is -1.39. The van der Waals surface area contributed by atoms with E-state index in [1.807, 2.05) is 0 Å². The molecule has 1 aliphatic carbocycles. The Kier molecular flexibility index (Phi) is 4.31. The monoisotopic (exact) mass is 345 g/mol.